The molecule has 2 aliphatic rings. The van der Waals surface area contributed by atoms with E-state index in [1.54, 1.807) is 0 Å². The predicted molar refractivity (Wildman–Crippen MR) is 144 cm³/mol. The highest BCUT2D eigenvalue weighted by atomic mass is 16.1. The first kappa shape index (κ1) is 25.8. The lowest BCUT2D eigenvalue weighted by molar-refractivity contribution is -0.127. The molecular weight excluding hydrogens is 432 g/mol. The van der Waals surface area contributed by atoms with Gasteiger partial charge in [-0.15, -0.1) is 0 Å². The van der Waals surface area contributed by atoms with Crippen LogP contribution in [0.3, 0.4) is 0 Å². The van der Waals surface area contributed by atoms with E-state index < -0.39 is 0 Å². The lowest BCUT2D eigenvalue weighted by Gasteiger charge is -2.39. The van der Waals surface area contributed by atoms with Gasteiger partial charge in [0, 0.05) is 55.0 Å². The number of piperidine rings is 1. The van der Waals surface area contributed by atoms with Crippen molar-refractivity contribution in [1.29, 1.82) is 0 Å². The number of hydrogen-bond acceptors (Lipinski definition) is 5. The monoisotopic (exact) mass is 476 g/mol. The predicted octanol–water partition coefficient (Wildman–Crippen LogP) is 6.25. The van der Waals surface area contributed by atoms with Gasteiger partial charge in [0.2, 0.25) is 5.95 Å². The average Bonchev–Trinajstić information content (AvgIpc) is 2.84. The van der Waals surface area contributed by atoms with Crippen molar-refractivity contribution >= 4 is 11.7 Å². The van der Waals surface area contributed by atoms with E-state index in [0.29, 0.717) is 35.6 Å². The zero-order valence-corrected chi connectivity index (χ0v) is 22.3. The van der Waals surface area contributed by atoms with Crippen LogP contribution in [0.25, 0.3) is 11.1 Å². The highest BCUT2D eigenvalue weighted by Crippen LogP contribution is 2.33. The van der Waals surface area contributed by atoms with Gasteiger partial charge in [0.1, 0.15) is 5.78 Å². The van der Waals surface area contributed by atoms with Gasteiger partial charge in [0.15, 0.2) is 0 Å². The maximum absolute atomic E-state index is 12.3. The number of nitrogens with one attached hydrogen (secondary N) is 1. The molecule has 1 saturated carbocycles. The first-order chi connectivity index (χ1) is 16.8. The standard InChI is InChI=1S/C30H44N4O/c1-20(2)29(35)26-12-8-24(9-13-26)15-23-6-10-25(11-7-23)27-16-31-30(32-17-27)33-28-14-22(5)18-34(19-28)21(3)4/h6-7,10-11,16-17,20-22,24,26,28H,8-9,12-15,18-19H2,1-5H3,(H,31,32,33). The van der Waals surface area contributed by atoms with E-state index in [1.165, 1.54) is 24.9 Å². The summed E-state index contributed by atoms with van der Waals surface area (Å²) < 4.78 is 0. The third-order valence-electron chi connectivity index (χ3n) is 8.03. The molecule has 35 heavy (non-hydrogen) atoms. The zero-order chi connectivity index (χ0) is 24.9. The van der Waals surface area contributed by atoms with Gasteiger partial charge in [-0.2, -0.15) is 0 Å². The summed E-state index contributed by atoms with van der Waals surface area (Å²) in [7, 11) is 0. The first-order valence-electron chi connectivity index (χ1n) is 13.7. The van der Waals surface area contributed by atoms with Crippen molar-refractivity contribution in [2.24, 2.45) is 23.7 Å². The Kier molecular flexibility index (Phi) is 8.59. The van der Waals surface area contributed by atoms with Crippen LogP contribution < -0.4 is 5.32 Å². The molecule has 1 aromatic heterocycles. The van der Waals surface area contributed by atoms with Crippen LogP contribution in [-0.2, 0) is 11.2 Å². The maximum Gasteiger partial charge on any atom is 0.222 e. The summed E-state index contributed by atoms with van der Waals surface area (Å²) in [6.07, 6.45) is 10.6. The lowest BCUT2D eigenvalue weighted by atomic mass is 9.76. The minimum Gasteiger partial charge on any atom is -0.350 e. The van der Waals surface area contributed by atoms with Crippen molar-refractivity contribution in [3.63, 3.8) is 0 Å². The summed E-state index contributed by atoms with van der Waals surface area (Å²) >= 11 is 0. The van der Waals surface area contributed by atoms with Crippen molar-refractivity contribution in [1.82, 2.24) is 14.9 Å². The smallest absolute Gasteiger partial charge is 0.222 e. The van der Waals surface area contributed by atoms with Gasteiger partial charge < -0.3 is 5.32 Å². The molecule has 5 heteroatoms. The largest absolute Gasteiger partial charge is 0.350 e. The number of Topliss-reactive ketones (excluding diaryl/α,β-unsaturated/α-hetero) is 1. The summed E-state index contributed by atoms with van der Waals surface area (Å²) in [6, 6.07) is 9.84. The fourth-order valence-corrected chi connectivity index (χ4v) is 5.94. The SMILES string of the molecule is CC1CC(Nc2ncc(-c3ccc(CC4CCC(C(=O)C(C)C)CC4)cc3)cn2)CN(C(C)C)C1. The third kappa shape index (κ3) is 6.91. The number of aromatic nitrogens is 2. The zero-order valence-electron chi connectivity index (χ0n) is 22.3. The first-order valence-corrected chi connectivity index (χ1v) is 13.7. The van der Waals surface area contributed by atoms with Crippen molar-refractivity contribution in [2.75, 3.05) is 18.4 Å². The third-order valence-corrected chi connectivity index (χ3v) is 8.03. The molecule has 0 spiro atoms. The van der Waals surface area contributed by atoms with E-state index in [2.05, 4.69) is 65.2 Å². The van der Waals surface area contributed by atoms with E-state index >= 15 is 0 Å². The molecule has 1 saturated heterocycles. The number of nitrogens with zero attached hydrogens (tertiary/aromatic N) is 3. The molecule has 1 aliphatic heterocycles. The van der Waals surface area contributed by atoms with Crippen LogP contribution in [-0.4, -0.2) is 45.8 Å². The highest BCUT2D eigenvalue weighted by Gasteiger charge is 2.28. The molecule has 0 bridgehead atoms. The molecule has 1 N–H and O–H groups in total. The van der Waals surface area contributed by atoms with Crippen LogP contribution >= 0.6 is 0 Å². The van der Waals surface area contributed by atoms with Crippen LogP contribution in [0.5, 0.6) is 0 Å². The second kappa shape index (κ2) is 11.6. The van der Waals surface area contributed by atoms with Crippen LogP contribution in [0.1, 0.15) is 72.3 Å². The van der Waals surface area contributed by atoms with E-state index in [-0.39, 0.29) is 5.92 Å². The Labute approximate surface area is 212 Å². The van der Waals surface area contributed by atoms with E-state index in [4.69, 9.17) is 0 Å². The van der Waals surface area contributed by atoms with Crippen molar-refractivity contribution < 1.29 is 4.79 Å². The second-order valence-corrected chi connectivity index (χ2v) is 11.7. The van der Waals surface area contributed by atoms with Crippen LogP contribution in [0.15, 0.2) is 36.7 Å². The molecule has 1 aliphatic carbocycles. The van der Waals surface area contributed by atoms with Gasteiger partial charge >= 0.3 is 0 Å². The van der Waals surface area contributed by atoms with E-state index in [0.717, 1.165) is 49.3 Å². The number of anilines is 1. The number of ketones is 1. The van der Waals surface area contributed by atoms with Crippen LogP contribution in [0.2, 0.25) is 0 Å². The van der Waals surface area contributed by atoms with Gasteiger partial charge in [-0.05, 0) is 75.3 Å². The van der Waals surface area contributed by atoms with Gasteiger partial charge in [-0.1, -0.05) is 45.0 Å². The second-order valence-electron chi connectivity index (χ2n) is 11.7. The molecule has 2 unspecified atom stereocenters. The average molecular weight is 477 g/mol. The molecule has 190 valence electrons. The Balaban J connectivity index is 1.29. The Morgan fingerprint density at radius 2 is 1.63 bits per heavy atom. The summed E-state index contributed by atoms with van der Waals surface area (Å²) in [4.78, 5) is 24.1. The maximum atomic E-state index is 12.3. The molecule has 1 aromatic carbocycles. The van der Waals surface area contributed by atoms with Gasteiger partial charge in [-0.3, -0.25) is 9.69 Å². The van der Waals surface area contributed by atoms with E-state index in [9.17, 15) is 4.79 Å². The van der Waals surface area contributed by atoms with Gasteiger partial charge in [0.25, 0.3) is 0 Å². The summed E-state index contributed by atoms with van der Waals surface area (Å²) in [6.45, 7) is 13.1. The molecule has 0 radical (unpaired) electrons. The quantitative estimate of drug-likeness (QED) is 0.488. The van der Waals surface area contributed by atoms with Crippen LogP contribution in [0, 0.1) is 23.7 Å². The molecule has 2 fully saturated rings. The lowest BCUT2D eigenvalue weighted by Crippen LogP contribution is -2.48. The number of carbonyl (C=O) groups is 1. The molecule has 2 atom stereocenters. The topological polar surface area (TPSA) is 58.1 Å². The number of carbonyl (C=O) groups excluding carboxylic acids is 1. The number of rotatable bonds is 8. The minimum atomic E-state index is 0.170. The number of likely N-dealkylation sites (tertiary alicyclic amines) is 1. The van der Waals surface area contributed by atoms with Gasteiger partial charge in [0.05, 0.1) is 0 Å². The van der Waals surface area contributed by atoms with Crippen molar-refractivity contribution in [3.8, 4) is 11.1 Å². The van der Waals surface area contributed by atoms with E-state index in [1.807, 2.05) is 26.2 Å². The Morgan fingerprint density at radius 1 is 0.971 bits per heavy atom. The summed E-state index contributed by atoms with van der Waals surface area (Å²) in [5.41, 5.74) is 3.59. The molecule has 5 nitrogen and oxygen atoms in total. The summed E-state index contributed by atoms with van der Waals surface area (Å²) in [5, 5.41) is 3.56. The Morgan fingerprint density at radius 3 is 2.23 bits per heavy atom. The normalized spacial score (nSPS) is 25.7. The molecular formula is C30H44N4O. The Bertz CT molecular complexity index is 945. The minimum absolute atomic E-state index is 0.170. The summed E-state index contributed by atoms with van der Waals surface area (Å²) in [5.74, 6) is 3.02. The Hall–Kier alpha value is -2.27. The fraction of sp³-hybridized carbons (Fsp3) is 0.633. The highest BCUT2D eigenvalue weighted by molar-refractivity contribution is 5.82. The molecule has 2 heterocycles. The van der Waals surface area contributed by atoms with Crippen molar-refractivity contribution in [2.45, 2.75) is 85.2 Å². The molecule has 4 rings (SSSR count). The van der Waals surface area contributed by atoms with Gasteiger partial charge in [-0.25, -0.2) is 9.97 Å². The fourth-order valence-electron chi connectivity index (χ4n) is 5.94. The van der Waals surface area contributed by atoms with Crippen LogP contribution in [0.4, 0.5) is 5.95 Å². The molecule has 2 aromatic rings. The molecule has 0 amide bonds. The van der Waals surface area contributed by atoms with Crippen molar-refractivity contribution in [3.05, 3.63) is 42.2 Å². The number of hydrogen-bond donors (Lipinski definition) is 1. The number of benzene rings is 1.